The lowest BCUT2D eigenvalue weighted by atomic mass is 9.76. The number of aryl methyl sites for hydroxylation is 2. The van der Waals surface area contributed by atoms with Crippen LogP contribution in [0, 0.1) is 25.7 Å². The normalized spacial score (nSPS) is 21.2. The molecule has 9 heteroatoms. The molecule has 250 valence electrons. The Bertz CT molecular complexity index is 1910. The Balaban J connectivity index is 1.23. The van der Waals surface area contributed by atoms with Crippen LogP contribution in [0.25, 0.3) is 11.1 Å². The van der Waals surface area contributed by atoms with Gasteiger partial charge in [0.2, 0.25) is 10.0 Å². The van der Waals surface area contributed by atoms with Gasteiger partial charge >= 0.3 is 5.97 Å². The molecule has 2 fully saturated rings. The van der Waals surface area contributed by atoms with Gasteiger partial charge in [0.25, 0.3) is 0 Å². The highest BCUT2D eigenvalue weighted by Gasteiger charge is 2.45. The SMILES string of the molecule is C=C(C)[C@H]1C[C@H]2CN(S(=O)(=O)c3ccc(-c4ccccc4)cc3)CC[C@@H]2O[C@@H]1c1cc(Oc2ccc(C)c(C)c2)ccc1OCC(=O)O. The second-order valence-corrected chi connectivity index (χ2v) is 14.8. The zero-order valence-electron chi connectivity index (χ0n) is 27.5. The Morgan fingerprint density at radius 1 is 0.938 bits per heavy atom. The standard InChI is InChI=1S/C39H41NO7S/c1-25(2)34-21-30-23-40(48(43,44)33-15-11-29(12-16-33)28-8-6-5-7-9-28)19-18-36(30)47-39(34)35-22-32(14-17-37(35)45-24-38(41)42)46-31-13-10-26(3)27(4)20-31/h5-17,20,22,30,34,36,39H,1,18-19,21,23-24H2,2-4H3,(H,41,42)/t30-,34+,36-,39-/m0/s1. The minimum atomic E-state index is -3.72. The molecule has 2 saturated heterocycles. The van der Waals surface area contributed by atoms with Crippen molar-refractivity contribution >= 4 is 16.0 Å². The van der Waals surface area contributed by atoms with E-state index >= 15 is 0 Å². The molecule has 0 saturated carbocycles. The number of ether oxygens (including phenoxy) is 3. The smallest absolute Gasteiger partial charge is 0.341 e. The highest BCUT2D eigenvalue weighted by molar-refractivity contribution is 7.89. The molecule has 2 aliphatic heterocycles. The number of sulfonamides is 1. The van der Waals surface area contributed by atoms with Gasteiger partial charge in [0.1, 0.15) is 17.2 Å². The minimum Gasteiger partial charge on any atom is -0.482 e. The lowest BCUT2D eigenvalue weighted by Gasteiger charge is -2.47. The molecule has 1 N–H and O–H groups in total. The van der Waals surface area contributed by atoms with E-state index in [2.05, 4.69) is 6.58 Å². The molecule has 6 rings (SSSR count). The van der Waals surface area contributed by atoms with E-state index in [-0.39, 0.29) is 22.8 Å². The molecule has 0 aromatic heterocycles. The number of benzene rings is 4. The summed E-state index contributed by atoms with van der Waals surface area (Å²) in [5, 5.41) is 9.36. The Kier molecular flexibility index (Phi) is 9.73. The molecule has 0 radical (unpaired) electrons. The lowest BCUT2D eigenvalue weighted by molar-refractivity contribution is -0.139. The highest BCUT2D eigenvalue weighted by Crippen LogP contribution is 2.48. The molecule has 2 aliphatic rings. The predicted molar refractivity (Wildman–Crippen MR) is 185 cm³/mol. The summed E-state index contributed by atoms with van der Waals surface area (Å²) >= 11 is 0. The Morgan fingerprint density at radius 3 is 2.31 bits per heavy atom. The maximum Gasteiger partial charge on any atom is 0.341 e. The van der Waals surface area contributed by atoms with Crippen molar-refractivity contribution in [3.05, 3.63) is 120 Å². The Hall–Kier alpha value is -4.44. The molecule has 0 unspecified atom stereocenters. The number of nitrogens with zero attached hydrogens (tertiary/aromatic N) is 1. The minimum absolute atomic E-state index is 0.0478. The van der Waals surface area contributed by atoms with E-state index in [0.29, 0.717) is 48.7 Å². The summed E-state index contributed by atoms with van der Waals surface area (Å²) < 4.78 is 48.0. The van der Waals surface area contributed by atoms with E-state index in [0.717, 1.165) is 27.8 Å². The van der Waals surface area contributed by atoms with Gasteiger partial charge in [-0.25, -0.2) is 13.2 Å². The summed E-state index contributed by atoms with van der Waals surface area (Å²) in [7, 11) is -3.72. The van der Waals surface area contributed by atoms with Crippen LogP contribution in [0.5, 0.6) is 17.2 Å². The Labute approximate surface area is 282 Å². The van der Waals surface area contributed by atoms with Gasteiger partial charge in [0, 0.05) is 24.6 Å². The fraction of sp³-hybridized carbons (Fsp3) is 0.308. The maximum absolute atomic E-state index is 13.8. The monoisotopic (exact) mass is 667 g/mol. The molecular formula is C39H41NO7S. The van der Waals surface area contributed by atoms with E-state index in [1.54, 1.807) is 28.6 Å². The van der Waals surface area contributed by atoms with Gasteiger partial charge in [-0.1, -0.05) is 60.7 Å². The third-order valence-electron chi connectivity index (χ3n) is 9.46. The van der Waals surface area contributed by atoms with Crippen molar-refractivity contribution in [3.8, 4) is 28.4 Å². The molecule has 2 heterocycles. The summed E-state index contributed by atoms with van der Waals surface area (Å²) in [4.78, 5) is 11.7. The summed E-state index contributed by atoms with van der Waals surface area (Å²) in [6, 6.07) is 28.1. The predicted octanol–water partition coefficient (Wildman–Crippen LogP) is 7.96. The van der Waals surface area contributed by atoms with Crippen LogP contribution in [-0.4, -0.2) is 49.6 Å². The first kappa shape index (κ1) is 33.5. The van der Waals surface area contributed by atoms with E-state index < -0.39 is 28.7 Å². The van der Waals surface area contributed by atoms with Crippen LogP contribution < -0.4 is 9.47 Å². The summed E-state index contributed by atoms with van der Waals surface area (Å²) in [6.07, 6.45) is 0.499. The number of rotatable bonds is 10. The van der Waals surface area contributed by atoms with Crippen LogP contribution in [-0.2, 0) is 19.6 Å². The molecule has 4 aromatic rings. The molecular weight excluding hydrogens is 626 g/mol. The molecule has 0 spiro atoms. The zero-order chi connectivity index (χ0) is 34.0. The number of carbonyl (C=O) groups is 1. The molecule has 0 amide bonds. The number of fused-ring (bicyclic) bond motifs is 1. The van der Waals surface area contributed by atoms with Crippen LogP contribution in [0.3, 0.4) is 0 Å². The number of carboxylic acid groups (broad SMARTS) is 1. The number of hydrogen-bond donors (Lipinski definition) is 1. The van der Waals surface area contributed by atoms with Crippen molar-refractivity contribution < 1.29 is 32.5 Å². The summed E-state index contributed by atoms with van der Waals surface area (Å²) in [6.45, 7) is 10.4. The van der Waals surface area contributed by atoms with Crippen LogP contribution in [0.2, 0.25) is 0 Å². The van der Waals surface area contributed by atoms with E-state index in [9.17, 15) is 18.3 Å². The van der Waals surface area contributed by atoms with Crippen molar-refractivity contribution in [1.29, 1.82) is 0 Å². The zero-order valence-corrected chi connectivity index (χ0v) is 28.3. The first-order valence-electron chi connectivity index (χ1n) is 16.2. The van der Waals surface area contributed by atoms with Gasteiger partial charge in [-0.3, -0.25) is 0 Å². The van der Waals surface area contributed by atoms with Crippen LogP contribution in [0.15, 0.2) is 108 Å². The number of aliphatic carboxylic acids is 1. The van der Waals surface area contributed by atoms with E-state index in [1.165, 1.54) is 0 Å². The van der Waals surface area contributed by atoms with Gasteiger partial charge in [-0.05, 0) is 104 Å². The molecule has 4 aromatic carbocycles. The number of piperidine rings is 1. The van der Waals surface area contributed by atoms with Gasteiger partial charge in [0.15, 0.2) is 6.61 Å². The molecule has 8 nitrogen and oxygen atoms in total. The molecule has 0 aliphatic carbocycles. The lowest BCUT2D eigenvalue weighted by Crippen LogP contribution is -2.50. The quantitative estimate of drug-likeness (QED) is 0.171. The van der Waals surface area contributed by atoms with Crippen molar-refractivity contribution in [2.24, 2.45) is 11.8 Å². The van der Waals surface area contributed by atoms with E-state index in [1.807, 2.05) is 87.5 Å². The van der Waals surface area contributed by atoms with Crippen molar-refractivity contribution in [2.75, 3.05) is 19.7 Å². The maximum atomic E-state index is 13.8. The Morgan fingerprint density at radius 2 is 1.62 bits per heavy atom. The second kappa shape index (κ2) is 14.0. The summed E-state index contributed by atoms with van der Waals surface area (Å²) in [5.74, 6) is 0.365. The second-order valence-electron chi connectivity index (χ2n) is 12.8. The third kappa shape index (κ3) is 7.18. The van der Waals surface area contributed by atoms with Crippen LogP contribution in [0.1, 0.15) is 42.6 Å². The van der Waals surface area contributed by atoms with Gasteiger partial charge in [-0.15, -0.1) is 0 Å². The fourth-order valence-electron chi connectivity index (χ4n) is 6.68. The van der Waals surface area contributed by atoms with E-state index in [4.69, 9.17) is 14.2 Å². The third-order valence-corrected chi connectivity index (χ3v) is 11.3. The number of carboxylic acids is 1. The first-order valence-corrected chi connectivity index (χ1v) is 17.6. The molecule has 48 heavy (non-hydrogen) atoms. The van der Waals surface area contributed by atoms with Crippen molar-refractivity contribution in [3.63, 3.8) is 0 Å². The van der Waals surface area contributed by atoms with Crippen LogP contribution in [0.4, 0.5) is 0 Å². The molecule has 0 bridgehead atoms. The van der Waals surface area contributed by atoms with Crippen LogP contribution >= 0.6 is 0 Å². The molecule has 4 atom stereocenters. The highest BCUT2D eigenvalue weighted by atomic mass is 32.2. The largest absolute Gasteiger partial charge is 0.482 e. The first-order chi connectivity index (χ1) is 23.0. The van der Waals surface area contributed by atoms with Gasteiger partial charge in [-0.2, -0.15) is 4.31 Å². The average Bonchev–Trinajstić information content (AvgIpc) is 3.08. The average molecular weight is 668 g/mol. The van der Waals surface area contributed by atoms with Crippen molar-refractivity contribution in [1.82, 2.24) is 4.31 Å². The van der Waals surface area contributed by atoms with Crippen molar-refractivity contribution in [2.45, 2.75) is 50.7 Å². The fourth-order valence-corrected chi connectivity index (χ4v) is 8.19. The van der Waals surface area contributed by atoms with Gasteiger partial charge in [0.05, 0.1) is 17.1 Å². The summed E-state index contributed by atoms with van der Waals surface area (Å²) in [5.41, 5.74) is 5.82. The topological polar surface area (TPSA) is 102 Å². The number of hydrogen-bond acceptors (Lipinski definition) is 6. The van der Waals surface area contributed by atoms with Gasteiger partial charge < -0.3 is 19.3 Å².